The van der Waals surface area contributed by atoms with Crippen molar-refractivity contribution in [3.05, 3.63) is 112 Å². The van der Waals surface area contributed by atoms with Crippen LogP contribution in [0.3, 0.4) is 0 Å². The summed E-state index contributed by atoms with van der Waals surface area (Å²) < 4.78 is 7.03. The highest BCUT2D eigenvalue weighted by molar-refractivity contribution is 6.74. The number of carbonyl (C=O) groups is 1. The molecule has 0 saturated heterocycles. The number of nitrogens with zero attached hydrogens (tertiary/aromatic N) is 1. The Balaban J connectivity index is 1.50. The van der Waals surface area contributed by atoms with Gasteiger partial charge in [0.15, 0.2) is 8.32 Å². The lowest BCUT2D eigenvalue weighted by molar-refractivity contribution is 0.0950. The number of aliphatic hydroxyl groups excluding tert-OH is 1. The molecule has 3 aromatic carbocycles. The third kappa shape index (κ3) is 9.16. The van der Waals surface area contributed by atoms with Gasteiger partial charge >= 0.3 is 0 Å². The lowest BCUT2D eigenvalue weighted by Gasteiger charge is -2.41. The molecule has 0 radical (unpaired) electrons. The van der Waals surface area contributed by atoms with Gasteiger partial charge in [-0.15, -0.1) is 0 Å². The zero-order valence-corrected chi connectivity index (χ0v) is 29.1. The number of hydrogen-bond donors (Lipinski definition) is 3. The van der Waals surface area contributed by atoms with Gasteiger partial charge in [0.25, 0.3) is 5.91 Å². The van der Waals surface area contributed by atoms with Crippen LogP contribution in [0.2, 0.25) is 23.2 Å². The number of hydrogen-bond acceptors (Lipinski definition) is 5. The predicted molar refractivity (Wildman–Crippen MR) is 187 cm³/mol. The van der Waals surface area contributed by atoms with Crippen molar-refractivity contribution < 1.29 is 19.4 Å². The Morgan fingerprint density at radius 1 is 1.04 bits per heavy atom. The van der Waals surface area contributed by atoms with Crippen LogP contribution in [0, 0.1) is 5.92 Å². The Kier molecular flexibility index (Phi) is 11.1. The van der Waals surface area contributed by atoms with Gasteiger partial charge in [0.1, 0.15) is 5.75 Å². The minimum Gasteiger partial charge on any atom is -0.508 e. The lowest BCUT2D eigenvalue weighted by atomic mass is 9.81. The van der Waals surface area contributed by atoms with Crippen molar-refractivity contribution >= 4 is 32.0 Å². The number of rotatable bonds is 13. The first-order valence-corrected chi connectivity index (χ1v) is 18.9. The minimum absolute atomic E-state index is 0.00331. The number of nitrogens with one attached hydrogen (secondary N) is 1. The van der Waals surface area contributed by atoms with E-state index in [4.69, 9.17) is 21.0 Å². The smallest absolute Gasteiger partial charge is 0.251 e. The van der Waals surface area contributed by atoms with E-state index in [1.165, 1.54) is 0 Å². The first-order chi connectivity index (χ1) is 21.2. The first kappa shape index (κ1) is 34.6. The van der Waals surface area contributed by atoms with E-state index in [-0.39, 0.29) is 35.3 Å². The second-order valence-corrected chi connectivity index (χ2v) is 19.1. The highest BCUT2D eigenvalue weighted by atomic mass is 35.5. The van der Waals surface area contributed by atoms with Crippen LogP contribution in [-0.4, -0.2) is 36.2 Å². The van der Waals surface area contributed by atoms with Gasteiger partial charge in [-0.1, -0.05) is 75.7 Å². The van der Waals surface area contributed by atoms with Crippen molar-refractivity contribution in [1.82, 2.24) is 5.32 Å². The standard InChI is InChI=1S/C37H47ClN2O4Si/c1-26(19-28-9-7-10-30(20-28)35(43)39-24-27-11-14-32(38)15-12-27)22-37(17-8-18-40-37)23-34(44-45(5,6)36(2,3)4)29-13-16-33(42)31(21-29)25-41/h7-18,20-21,26,34,41-42H,19,22-25H2,1-6H3,(H,39,43). The molecule has 0 aromatic heterocycles. The number of benzene rings is 3. The van der Waals surface area contributed by atoms with E-state index in [1.807, 2.05) is 66.9 Å². The molecule has 0 aliphatic carbocycles. The van der Waals surface area contributed by atoms with Gasteiger partial charge in [-0.05, 0) is 96.1 Å². The van der Waals surface area contributed by atoms with Gasteiger partial charge in [-0.3, -0.25) is 9.79 Å². The van der Waals surface area contributed by atoms with Crippen LogP contribution in [-0.2, 0) is 24.0 Å². The molecule has 6 nitrogen and oxygen atoms in total. The second kappa shape index (κ2) is 14.5. The Hall–Kier alpha value is -3.23. The Bertz CT molecular complexity index is 1520. The molecule has 3 atom stereocenters. The highest BCUT2D eigenvalue weighted by Crippen LogP contribution is 2.44. The number of carbonyl (C=O) groups excluding carboxylic acids is 1. The van der Waals surface area contributed by atoms with Crippen LogP contribution in [0.4, 0.5) is 0 Å². The summed E-state index contributed by atoms with van der Waals surface area (Å²) in [5, 5.41) is 23.8. The van der Waals surface area contributed by atoms with E-state index in [1.54, 1.807) is 6.07 Å². The van der Waals surface area contributed by atoms with E-state index in [0.717, 1.165) is 29.5 Å². The molecule has 0 bridgehead atoms. The van der Waals surface area contributed by atoms with Crippen molar-refractivity contribution in [2.45, 2.75) is 89.9 Å². The first-order valence-electron chi connectivity index (χ1n) is 15.7. The summed E-state index contributed by atoms with van der Waals surface area (Å²) in [6, 6.07) is 20.7. The quantitative estimate of drug-likeness (QED) is 0.162. The molecular weight excluding hydrogens is 600 g/mol. The number of phenols is 1. The van der Waals surface area contributed by atoms with E-state index in [2.05, 4.69) is 58.2 Å². The van der Waals surface area contributed by atoms with Gasteiger partial charge in [0.05, 0.1) is 18.2 Å². The molecule has 3 unspecified atom stereocenters. The number of halogens is 1. The largest absolute Gasteiger partial charge is 0.508 e. The Morgan fingerprint density at radius 2 is 1.78 bits per heavy atom. The van der Waals surface area contributed by atoms with E-state index < -0.39 is 13.9 Å². The Labute approximate surface area is 274 Å². The van der Waals surface area contributed by atoms with Crippen LogP contribution in [0.25, 0.3) is 0 Å². The normalized spacial score (nSPS) is 17.8. The van der Waals surface area contributed by atoms with Gasteiger partial charge in [0.2, 0.25) is 0 Å². The van der Waals surface area contributed by atoms with Crippen LogP contribution in [0.1, 0.15) is 79.3 Å². The van der Waals surface area contributed by atoms with Gasteiger partial charge < -0.3 is 20.0 Å². The van der Waals surface area contributed by atoms with Crippen molar-refractivity contribution in [3.8, 4) is 5.75 Å². The maximum absolute atomic E-state index is 13.0. The SMILES string of the molecule is CC(Cc1cccc(C(=O)NCc2ccc(Cl)cc2)c1)CC1(CC(O[Si](C)(C)C(C)(C)C)c2ccc(O)c(CO)c2)C=CC=N1. The summed E-state index contributed by atoms with van der Waals surface area (Å²) in [6.07, 6.45) is 8.03. The average molecular weight is 647 g/mol. The van der Waals surface area contributed by atoms with Gasteiger partial charge in [-0.25, -0.2) is 0 Å². The van der Waals surface area contributed by atoms with Crippen LogP contribution in [0.5, 0.6) is 5.75 Å². The van der Waals surface area contributed by atoms with Crippen LogP contribution >= 0.6 is 11.6 Å². The molecule has 3 N–H and O–H groups in total. The molecule has 4 rings (SSSR count). The number of aromatic hydroxyl groups is 1. The van der Waals surface area contributed by atoms with Crippen LogP contribution in [0.15, 0.2) is 83.9 Å². The lowest BCUT2D eigenvalue weighted by Crippen LogP contribution is -2.43. The Morgan fingerprint density at radius 3 is 2.42 bits per heavy atom. The minimum atomic E-state index is -2.19. The maximum atomic E-state index is 13.0. The second-order valence-electron chi connectivity index (χ2n) is 13.9. The molecule has 1 amide bonds. The van der Waals surface area contributed by atoms with E-state index in [0.29, 0.717) is 29.1 Å². The fourth-order valence-corrected chi connectivity index (χ4v) is 7.01. The predicted octanol–water partition coefficient (Wildman–Crippen LogP) is 8.57. The summed E-state index contributed by atoms with van der Waals surface area (Å²) >= 11 is 5.98. The zero-order chi connectivity index (χ0) is 32.8. The molecular formula is C37H47ClN2O4Si. The number of amides is 1. The summed E-state index contributed by atoms with van der Waals surface area (Å²) in [5.74, 6) is 0.231. The van der Waals surface area contributed by atoms with Gasteiger partial charge in [0, 0.05) is 35.3 Å². The van der Waals surface area contributed by atoms with Gasteiger partial charge in [-0.2, -0.15) is 0 Å². The highest BCUT2D eigenvalue weighted by Gasteiger charge is 2.42. The molecule has 0 saturated carbocycles. The third-order valence-corrected chi connectivity index (χ3v) is 13.8. The molecule has 1 aliphatic rings. The summed E-state index contributed by atoms with van der Waals surface area (Å²) in [4.78, 5) is 18.0. The molecule has 0 spiro atoms. The van der Waals surface area contributed by atoms with Crippen LogP contribution < -0.4 is 5.32 Å². The third-order valence-electron chi connectivity index (χ3n) is 9.09. The van der Waals surface area contributed by atoms with Crippen molar-refractivity contribution in [1.29, 1.82) is 0 Å². The summed E-state index contributed by atoms with van der Waals surface area (Å²) in [5.41, 5.74) is 3.68. The average Bonchev–Trinajstić information content (AvgIpc) is 3.43. The zero-order valence-electron chi connectivity index (χ0n) is 27.3. The molecule has 0 fully saturated rings. The molecule has 8 heteroatoms. The molecule has 1 aliphatic heterocycles. The fourth-order valence-electron chi connectivity index (χ4n) is 5.60. The van der Waals surface area contributed by atoms with Crippen molar-refractivity contribution in [2.75, 3.05) is 0 Å². The number of aliphatic hydroxyl groups is 1. The molecule has 240 valence electrons. The molecule has 1 heterocycles. The summed E-state index contributed by atoms with van der Waals surface area (Å²) in [7, 11) is -2.19. The van der Waals surface area contributed by atoms with E-state index >= 15 is 0 Å². The number of allylic oxidation sites excluding steroid dienone is 1. The van der Waals surface area contributed by atoms with Crippen molar-refractivity contribution in [3.63, 3.8) is 0 Å². The maximum Gasteiger partial charge on any atom is 0.251 e. The molecule has 45 heavy (non-hydrogen) atoms. The summed E-state index contributed by atoms with van der Waals surface area (Å²) in [6.45, 7) is 13.6. The topological polar surface area (TPSA) is 91.2 Å². The fraction of sp³-hybridized carbons (Fsp3) is 0.405. The van der Waals surface area contributed by atoms with Crippen molar-refractivity contribution in [2.24, 2.45) is 10.9 Å². The monoisotopic (exact) mass is 646 g/mol. The number of aliphatic imine (C=N–C) groups is 1. The van der Waals surface area contributed by atoms with E-state index in [9.17, 15) is 15.0 Å². The molecule has 3 aromatic rings.